The van der Waals surface area contributed by atoms with Gasteiger partial charge < -0.3 is 0 Å². The number of nitro benzene ring substituents is 1. The van der Waals surface area contributed by atoms with Gasteiger partial charge in [0, 0.05) is 23.6 Å². The summed E-state index contributed by atoms with van der Waals surface area (Å²) >= 11 is 5.77. The summed E-state index contributed by atoms with van der Waals surface area (Å²) in [7, 11) is 0. The van der Waals surface area contributed by atoms with Crippen molar-refractivity contribution in [2.75, 3.05) is 0 Å². The van der Waals surface area contributed by atoms with E-state index in [0.717, 1.165) is 0 Å². The van der Waals surface area contributed by atoms with E-state index in [1.165, 1.54) is 23.3 Å². The normalized spacial score (nSPS) is 18.8. The minimum absolute atomic E-state index is 0.00150. The molecule has 0 bridgehead atoms. The van der Waals surface area contributed by atoms with E-state index < -0.39 is 10.5 Å². The monoisotopic (exact) mass is 226 g/mol. The van der Waals surface area contributed by atoms with Gasteiger partial charge >= 0.3 is 0 Å². The molecule has 2 rings (SSSR count). The van der Waals surface area contributed by atoms with E-state index in [2.05, 4.69) is 4.99 Å². The van der Waals surface area contributed by atoms with Crippen LogP contribution in [0.15, 0.2) is 23.2 Å². The molecule has 0 fully saturated rings. The standard InChI is InChI=1S/C8H7ClN4O2/c9-8-11-7-2-1-6(13(14)15)3-5(7)4-12(8)10/h1-4,8H,10H2. The fourth-order valence-corrected chi connectivity index (χ4v) is 1.44. The molecule has 1 unspecified atom stereocenters. The van der Waals surface area contributed by atoms with Crippen LogP contribution in [0.4, 0.5) is 5.69 Å². The molecule has 1 aromatic carbocycles. The Hall–Kier alpha value is -1.66. The van der Waals surface area contributed by atoms with Crippen molar-refractivity contribution in [1.82, 2.24) is 5.01 Å². The van der Waals surface area contributed by atoms with Crippen molar-refractivity contribution in [2.24, 2.45) is 10.8 Å². The van der Waals surface area contributed by atoms with Gasteiger partial charge in [-0.3, -0.25) is 15.1 Å². The van der Waals surface area contributed by atoms with Gasteiger partial charge in [-0.15, -0.1) is 0 Å². The quantitative estimate of drug-likeness (QED) is 0.234. The first-order valence-corrected chi connectivity index (χ1v) is 4.53. The fraction of sp³-hybridized carbons (Fsp3) is 0.125. The second-order valence-electron chi connectivity index (χ2n) is 3.02. The van der Waals surface area contributed by atoms with Gasteiger partial charge in [0.2, 0.25) is 5.62 Å². The zero-order valence-corrected chi connectivity index (χ0v) is 8.26. The average molecular weight is 227 g/mol. The van der Waals surface area contributed by atoms with E-state index in [9.17, 15) is 10.1 Å². The molecule has 0 saturated carbocycles. The number of fused-ring (bicyclic) bond motifs is 1. The predicted octanol–water partition coefficient (Wildman–Crippen LogP) is -0.336. The van der Waals surface area contributed by atoms with Crippen LogP contribution < -0.4 is 16.4 Å². The number of halogens is 1. The molecular formula is C8H7ClN4O2. The highest BCUT2D eigenvalue weighted by Crippen LogP contribution is 2.07. The summed E-state index contributed by atoms with van der Waals surface area (Å²) in [5.74, 6) is 5.50. The molecule has 0 spiro atoms. The topological polar surface area (TPSA) is 84.8 Å². The molecule has 7 heteroatoms. The predicted molar refractivity (Wildman–Crippen MR) is 54.0 cm³/mol. The third kappa shape index (κ3) is 1.77. The second-order valence-corrected chi connectivity index (χ2v) is 3.41. The molecular weight excluding hydrogens is 220 g/mol. The Kier molecular flexibility index (Phi) is 2.29. The van der Waals surface area contributed by atoms with E-state index in [1.54, 1.807) is 6.07 Å². The fourth-order valence-electron chi connectivity index (χ4n) is 1.28. The lowest BCUT2D eigenvalue weighted by Gasteiger charge is -2.19. The number of non-ortho nitro benzene ring substituents is 1. The summed E-state index contributed by atoms with van der Waals surface area (Å²) in [5, 5.41) is 12.9. The van der Waals surface area contributed by atoms with Crippen LogP contribution >= 0.6 is 11.6 Å². The van der Waals surface area contributed by atoms with Gasteiger partial charge in [-0.1, -0.05) is 11.6 Å². The second kappa shape index (κ2) is 3.48. The average Bonchev–Trinajstić information content (AvgIpc) is 2.19. The molecule has 0 aromatic heterocycles. The van der Waals surface area contributed by atoms with Crippen molar-refractivity contribution in [3.05, 3.63) is 38.9 Å². The Morgan fingerprint density at radius 1 is 1.60 bits per heavy atom. The first kappa shape index (κ1) is 9.88. The molecule has 0 radical (unpaired) electrons. The Bertz CT molecular complexity index is 530. The van der Waals surface area contributed by atoms with Gasteiger partial charge in [-0.2, -0.15) is 0 Å². The first-order valence-electron chi connectivity index (χ1n) is 4.09. The van der Waals surface area contributed by atoms with E-state index in [0.29, 0.717) is 10.6 Å². The summed E-state index contributed by atoms with van der Waals surface area (Å²) in [6.07, 6.45) is 1.52. The Morgan fingerprint density at radius 2 is 2.33 bits per heavy atom. The number of rotatable bonds is 1. The van der Waals surface area contributed by atoms with Crippen LogP contribution in [-0.4, -0.2) is 15.6 Å². The third-order valence-electron chi connectivity index (χ3n) is 2.00. The zero-order chi connectivity index (χ0) is 11.0. The lowest BCUT2D eigenvalue weighted by Crippen LogP contribution is -2.42. The number of nitrogens with zero attached hydrogens (tertiary/aromatic N) is 3. The lowest BCUT2D eigenvalue weighted by molar-refractivity contribution is -0.385. The first-order chi connectivity index (χ1) is 7.08. The van der Waals surface area contributed by atoms with Crippen LogP contribution in [0.3, 0.4) is 0 Å². The third-order valence-corrected chi connectivity index (χ3v) is 2.32. The maximum atomic E-state index is 10.5. The Labute approximate surface area is 89.4 Å². The largest absolute Gasteiger partial charge is 0.280 e. The van der Waals surface area contributed by atoms with Crippen molar-refractivity contribution in [3.8, 4) is 0 Å². The molecule has 1 heterocycles. The molecule has 0 amide bonds. The van der Waals surface area contributed by atoms with Crippen molar-refractivity contribution in [1.29, 1.82) is 0 Å². The molecule has 15 heavy (non-hydrogen) atoms. The van der Waals surface area contributed by atoms with Gasteiger partial charge in [0.05, 0.1) is 10.3 Å². The Morgan fingerprint density at radius 3 is 3.00 bits per heavy atom. The number of alkyl halides is 1. The minimum Gasteiger partial charge on any atom is -0.280 e. The maximum Gasteiger partial charge on any atom is 0.270 e. The summed E-state index contributed by atoms with van der Waals surface area (Å²) in [5.41, 5.74) is -0.666. The highest BCUT2D eigenvalue weighted by atomic mass is 35.5. The smallest absolute Gasteiger partial charge is 0.270 e. The van der Waals surface area contributed by atoms with Gasteiger partial charge in [0.15, 0.2) is 0 Å². The van der Waals surface area contributed by atoms with Crippen molar-refractivity contribution < 1.29 is 4.92 Å². The van der Waals surface area contributed by atoms with Crippen LogP contribution in [0.2, 0.25) is 0 Å². The molecule has 0 saturated heterocycles. The SMILES string of the molecule is NN1C=c2cc([N+](=O)[O-])ccc2=NC1Cl. The zero-order valence-electron chi connectivity index (χ0n) is 7.50. The molecule has 6 nitrogen and oxygen atoms in total. The number of benzene rings is 1. The van der Waals surface area contributed by atoms with Gasteiger partial charge in [-0.05, 0) is 6.07 Å². The molecule has 78 valence electrons. The molecule has 1 aliphatic heterocycles. The van der Waals surface area contributed by atoms with Crippen LogP contribution in [0.5, 0.6) is 0 Å². The van der Waals surface area contributed by atoms with Crippen LogP contribution in [-0.2, 0) is 0 Å². The highest BCUT2D eigenvalue weighted by molar-refractivity contribution is 6.20. The van der Waals surface area contributed by atoms with Gasteiger partial charge in [0.25, 0.3) is 5.69 Å². The number of hydrazine groups is 1. The van der Waals surface area contributed by atoms with E-state index in [1.807, 2.05) is 0 Å². The van der Waals surface area contributed by atoms with Crippen LogP contribution in [0.1, 0.15) is 0 Å². The van der Waals surface area contributed by atoms with Gasteiger partial charge in [0.1, 0.15) is 0 Å². The summed E-state index contributed by atoms with van der Waals surface area (Å²) in [6.45, 7) is 0. The van der Waals surface area contributed by atoms with Crippen molar-refractivity contribution >= 4 is 23.5 Å². The number of nitro groups is 1. The molecule has 1 aliphatic rings. The van der Waals surface area contributed by atoms with E-state index in [-0.39, 0.29) is 5.69 Å². The summed E-state index contributed by atoms with van der Waals surface area (Å²) < 4.78 is 0. The number of hydrogen-bond donors (Lipinski definition) is 1. The number of nitrogens with two attached hydrogens (primary N) is 1. The van der Waals surface area contributed by atoms with Gasteiger partial charge in [-0.25, -0.2) is 10.8 Å². The van der Waals surface area contributed by atoms with Crippen LogP contribution in [0, 0.1) is 10.1 Å². The van der Waals surface area contributed by atoms with Crippen LogP contribution in [0.25, 0.3) is 6.20 Å². The maximum absolute atomic E-state index is 10.5. The molecule has 1 aromatic rings. The van der Waals surface area contributed by atoms with Crippen molar-refractivity contribution in [2.45, 2.75) is 5.62 Å². The van der Waals surface area contributed by atoms with E-state index >= 15 is 0 Å². The minimum atomic E-state index is -0.668. The summed E-state index contributed by atoms with van der Waals surface area (Å²) in [4.78, 5) is 14.1. The molecule has 1 atom stereocenters. The molecule has 0 aliphatic carbocycles. The highest BCUT2D eigenvalue weighted by Gasteiger charge is 2.12. The number of hydrogen-bond acceptors (Lipinski definition) is 5. The molecule has 2 N–H and O–H groups in total. The van der Waals surface area contributed by atoms with Crippen molar-refractivity contribution in [3.63, 3.8) is 0 Å². The van der Waals surface area contributed by atoms with E-state index in [4.69, 9.17) is 17.4 Å². The summed E-state index contributed by atoms with van der Waals surface area (Å²) in [6, 6.07) is 4.33. The lowest BCUT2D eigenvalue weighted by atomic mass is 10.2. The Balaban J connectivity index is 2.64.